The van der Waals surface area contributed by atoms with E-state index in [2.05, 4.69) is 0 Å². The maximum Gasteiger partial charge on any atom is 0.150 e. The zero-order valence-electron chi connectivity index (χ0n) is 7.86. The first kappa shape index (κ1) is 10.9. The molecule has 0 aromatic heterocycles. The lowest BCUT2D eigenvalue weighted by atomic mass is 9.84. The fraction of sp³-hybridized carbons (Fsp3) is 1.00. The van der Waals surface area contributed by atoms with Gasteiger partial charge in [-0.05, 0) is 25.3 Å². The van der Waals surface area contributed by atoms with Gasteiger partial charge in [-0.1, -0.05) is 6.92 Å². The number of rotatable bonds is 2. The lowest BCUT2D eigenvalue weighted by molar-refractivity contribution is -0.0172. The van der Waals surface area contributed by atoms with Gasteiger partial charge in [0.1, 0.15) is 0 Å². The van der Waals surface area contributed by atoms with Crippen LogP contribution < -0.4 is 5.73 Å². The van der Waals surface area contributed by atoms with Crippen LogP contribution in [0.25, 0.3) is 0 Å². The topological polar surface area (TPSA) is 80.4 Å². The molecule has 1 unspecified atom stereocenters. The number of hydrogen-bond donors (Lipinski definition) is 2. The Morgan fingerprint density at radius 1 is 1.46 bits per heavy atom. The number of aliphatic hydroxyl groups is 1. The minimum Gasteiger partial charge on any atom is -0.389 e. The van der Waals surface area contributed by atoms with Crippen molar-refractivity contribution in [2.75, 3.05) is 18.1 Å². The summed E-state index contributed by atoms with van der Waals surface area (Å²) in [5, 5.41) is 10.0. The van der Waals surface area contributed by atoms with E-state index in [1.54, 1.807) is 0 Å². The van der Waals surface area contributed by atoms with Gasteiger partial charge in [0.25, 0.3) is 0 Å². The van der Waals surface area contributed by atoms with Crippen molar-refractivity contribution in [2.45, 2.75) is 25.4 Å². The summed E-state index contributed by atoms with van der Waals surface area (Å²) in [5.74, 6) is 0.157. The minimum absolute atomic E-state index is 0.0250. The summed E-state index contributed by atoms with van der Waals surface area (Å²) in [7, 11) is -2.90. The largest absolute Gasteiger partial charge is 0.389 e. The number of sulfone groups is 1. The molecule has 0 bridgehead atoms. The Hall–Kier alpha value is -0.130. The van der Waals surface area contributed by atoms with Crippen LogP contribution in [0.5, 0.6) is 0 Å². The van der Waals surface area contributed by atoms with Gasteiger partial charge in [-0.15, -0.1) is 0 Å². The molecule has 0 radical (unpaired) electrons. The summed E-state index contributed by atoms with van der Waals surface area (Å²) in [4.78, 5) is 0. The van der Waals surface area contributed by atoms with E-state index in [-0.39, 0.29) is 17.4 Å². The first-order chi connectivity index (χ1) is 5.90. The fourth-order valence-corrected chi connectivity index (χ4v) is 3.14. The molecule has 1 saturated heterocycles. The van der Waals surface area contributed by atoms with Gasteiger partial charge in [-0.3, -0.25) is 0 Å². The van der Waals surface area contributed by atoms with Gasteiger partial charge in [0, 0.05) is 0 Å². The van der Waals surface area contributed by atoms with Crippen molar-refractivity contribution in [3.63, 3.8) is 0 Å². The molecule has 1 aliphatic heterocycles. The van der Waals surface area contributed by atoms with Crippen LogP contribution >= 0.6 is 0 Å². The van der Waals surface area contributed by atoms with E-state index in [4.69, 9.17) is 5.73 Å². The van der Waals surface area contributed by atoms with E-state index >= 15 is 0 Å². The molecule has 1 atom stereocenters. The zero-order valence-corrected chi connectivity index (χ0v) is 8.68. The van der Waals surface area contributed by atoms with E-state index < -0.39 is 15.4 Å². The Morgan fingerprint density at radius 2 is 1.92 bits per heavy atom. The minimum atomic E-state index is -2.90. The predicted molar refractivity (Wildman–Crippen MR) is 51.1 cm³/mol. The van der Waals surface area contributed by atoms with Gasteiger partial charge < -0.3 is 10.8 Å². The normalized spacial score (nSPS) is 28.2. The Kier molecular flexibility index (Phi) is 2.99. The highest BCUT2D eigenvalue weighted by Gasteiger charge is 2.38. The van der Waals surface area contributed by atoms with Gasteiger partial charge in [0.15, 0.2) is 9.84 Å². The highest BCUT2D eigenvalue weighted by Crippen LogP contribution is 2.30. The molecular weight excluding hydrogens is 190 g/mol. The Bertz CT molecular complexity index is 259. The van der Waals surface area contributed by atoms with Crippen LogP contribution in [-0.4, -0.2) is 37.2 Å². The van der Waals surface area contributed by atoms with Crippen molar-refractivity contribution in [3.8, 4) is 0 Å². The standard InChI is InChI=1S/C8H17NO3S/c1-7(6-9)8(10)2-4-13(11,12)5-3-8/h7,10H,2-6,9H2,1H3. The fourth-order valence-electron chi connectivity index (χ4n) is 1.60. The molecule has 0 spiro atoms. The van der Waals surface area contributed by atoms with Gasteiger partial charge >= 0.3 is 0 Å². The van der Waals surface area contributed by atoms with Crippen LogP contribution in [0.3, 0.4) is 0 Å². The second-order valence-corrected chi connectivity index (χ2v) is 6.20. The van der Waals surface area contributed by atoms with Crippen LogP contribution in [0.15, 0.2) is 0 Å². The molecule has 3 N–H and O–H groups in total. The van der Waals surface area contributed by atoms with Crippen molar-refractivity contribution in [1.29, 1.82) is 0 Å². The van der Waals surface area contributed by atoms with Crippen LogP contribution in [0, 0.1) is 5.92 Å². The first-order valence-electron chi connectivity index (χ1n) is 4.52. The number of hydrogen-bond acceptors (Lipinski definition) is 4. The van der Waals surface area contributed by atoms with Crippen molar-refractivity contribution in [2.24, 2.45) is 11.7 Å². The molecule has 1 heterocycles. The molecule has 0 saturated carbocycles. The van der Waals surface area contributed by atoms with Gasteiger partial charge in [-0.25, -0.2) is 8.42 Å². The Morgan fingerprint density at radius 3 is 2.31 bits per heavy atom. The average molecular weight is 207 g/mol. The van der Waals surface area contributed by atoms with E-state index in [1.165, 1.54) is 0 Å². The maximum absolute atomic E-state index is 11.1. The summed E-state index contributed by atoms with van der Waals surface area (Å²) in [6, 6.07) is 0. The SMILES string of the molecule is CC(CN)C1(O)CCS(=O)(=O)CC1. The molecule has 1 fully saturated rings. The van der Waals surface area contributed by atoms with E-state index in [0.29, 0.717) is 19.4 Å². The molecule has 0 amide bonds. The molecule has 0 aromatic carbocycles. The Balaban J connectivity index is 2.66. The highest BCUT2D eigenvalue weighted by atomic mass is 32.2. The third-order valence-corrected chi connectivity index (χ3v) is 4.62. The summed E-state index contributed by atoms with van der Waals surface area (Å²) in [5.41, 5.74) is 4.59. The molecule has 4 nitrogen and oxygen atoms in total. The van der Waals surface area contributed by atoms with Crippen LogP contribution in [0.1, 0.15) is 19.8 Å². The smallest absolute Gasteiger partial charge is 0.150 e. The maximum atomic E-state index is 11.1. The summed E-state index contributed by atoms with van der Waals surface area (Å²) >= 11 is 0. The van der Waals surface area contributed by atoms with Crippen LogP contribution in [-0.2, 0) is 9.84 Å². The van der Waals surface area contributed by atoms with Crippen molar-refractivity contribution in [1.82, 2.24) is 0 Å². The quantitative estimate of drug-likeness (QED) is 0.641. The van der Waals surface area contributed by atoms with Crippen molar-refractivity contribution < 1.29 is 13.5 Å². The van der Waals surface area contributed by atoms with E-state index in [0.717, 1.165) is 0 Å². The predicted octanol–water partition coefficient (Wildman–Crippen LogP) is -0.479. The molecule has 1 aliphatic rings. The molecule has 78 valence electrons. The van der Waals surface area contributed by atoms with Crippen LogP contribution in [0.2, 0.25) is 0 Å². The lowest BCUT2D eigenvalue weighted by Crippen LogP contribution is -2.46. The second-order valence-electron chi connectivity index (χ2n) is 3.89. The third kappa shape index (κ3) is 2.42. The molecule has 5 heteroatoms. The van der Waals surface area contributed by atoms with Gasteiger partial charge in [-0.2, -0.15) is 0 Å². The summed E-state index contributed by atoms with van der Waals surface area (Å²) < 4.78 is 22.2. The molecular formula is C8H17NO3S. The van der Waals surface area contributed by atoms with E-state index in [1.807, 2.05) is 6.92 Å². The lowest BCUT2D eigenvalue weighted by Gasteiger charge is -2.36. The van der Waals surface area contributed by atoms with Crippen LogP contribution in [0.4, 0.5) is 0 Å². The van der Waals surface area contributed by atoms with E-state index in [9.17, 15) is 13.5 Å². The number of nitrogens with two attached hydrogens (primary N) is 1. The second kappa shape index (κ2) is 3.55. The summed E-state index contributed by atoms with van der Waals surface area (Å²) in [6.45, 7) is 2.26. The molecule has 1 rings (SSSR count). The van der Waals surface area contributed by atoms with Gasteiger partial charge in [0.2, 0.25) is 0 Å². The molecule has 0 aliphatic carbocycles. The van der Waals surface area contributed by atoms with Crippen molar-refractivity contribution in [3.05, 3.63) is 0 Å². The molecule has 13 heavy (non-hydrogen) atoms. The zero-order chi connectivity index (χ0) is 10.1. The average Bonchev–Trinajstić information content (AvgIpc) is 2.09. The first-order valence-corrected chi connectivity index (χ1v) is 6.35. The summed E-state index contributed by atoms with van der Waals surface area (Å²) in [6.07, 6.45) is 0.654. The third-order valence-electron chi connectivity index (χ3n) is 2.96. The Labute approximate surface area is 79.0 Å². The van der Waals surface area contributed by atoms with Gasteiger partial charge in [0.05, 0.1) is 17.1 Å². The monoisotopic (exact) mass is 207 g/mol. The molecule has 0 aromatic rings. The van der Waals surface area contributed by atoms with Crippen molar-refractivity contribution >= 4 is 9.84 Å². The highest BCUT2D eigenvalue weighted by molar-refractivity contribution is 7.91.